The van der Waals surface area contributed by atoms with Crippen molar-refractivity contribution in [3.8, 4) is 11.5 Å². The Morgan fingerprint density at radius 3 is 2.96 bits per heavy atom. The third-order valence-corrected chi connectivity index (χ3v) is 3.49. The molecule has 1 aromatic heterocycles. The van der Waals surface area contributed by atoms with Gasteiger partial charge in [-0.25, -0.2) is 9.97 Å². The van der Waals surface area contributed by atoms with Crippen LogP contribution >= 0.6 is 0 Å². The number of anilines is 1. The molecule has 122 valence electrons. The molecule has 0 saturated carbocycles. The van der Waals surface area contributed by atoms with E-state index >= 15 is 0 Å². The summed E-state index contributed by atoms with van der Waals surface area (Å²) in [4.78, 5) is 8.79. The van der Waals surface area contributed by atoms with Crippen LogP contribution in [0.5, 0.6) is 11.5 Å². The highest BCUT2D eigenvalue weighted by Gasteiger charge is 2.14. The molecule has 2 heterocycles. The molecule has 0 atom stereocenters. The van der Waals surface area contributed by atoms with Gasteiger partial charge in [-0.1, -0.05) is 12.1 Å². The van der Waals surface area contributed by atoms with E-state index < -0.39 is 0 Å². The molecule has 6 heteroatoms. The van der Waals surface area contributed by atoms with Gasteiger partial charge in [0.05, 0.1) is 13.2 Å². The summed E-state index contributed by atoms with van der Waals surface area (Å²) in [6, 6.07) is 7.87. The van der Waals surface area contributed by atoms with Crippen molar-refractivity contribution in [2.24, 2.45) is 0 Å². The third-order valence-electron chi connectivity index (χ3n) is 3.49. The zero-order valence-electron chi connectivity index (χ0n) is 13.5. The second-order valence-electron chi connectivity index (χ2n) is 5.39. The van der Waals surface area contributed by atoms with Crippen molar-refractivity contribution in [3.05, 3.63) is 41.3 Å². The Labute approximate surface area is 135 Å². The predicted molar refractivity (Wildman–Crippen MR) is 86.9 cm³/mol. The van der Waals surface area contributed by atoms with Crippen LogP contribution in [0, 0.1) is 6.92 Å². The van der Waals surface area contributed by atoms with Crippen molar-refractivity contribution in [3.63, 3.8) is 0 Å². The van der Waals surface area contributed by atoms with E-state index in [4.69, 9.17) is 14.2 Å². The summed E-state index contributed by atoms with van der Waals surface area (Å²) in [5.41, 5.74) is 1.95. The summed E-state index contributed by atoms with van der Waals surface area (Å²) in [7, 11) is 1.63. The van der Waals surface area contributed by atoms with Gasteiger partial charge in [0, 0.05) is 37.4 Å². The van der Waals surface area contributed by atoms with Crippen LogP contribution in [-0.2, 0) is 17.9 Å². The fraction of sp³-hybridized carbons (Fsp3) is 0.412. The average molecular weight is 315 g/mol. The lowest BCUT2D eigenvalue weighted by molar-refractivity contribution is 0.177. The molecular weight excluding hydrogens is 294 g/mol. The van der Waals surface area contributed by atoms with Gasteiger partial charge in [0.25, 0.3) is 0 Å². The maximum absolute atomic E-state index is 5.84. The number of aryl methyl sites for hydroxylation is 1. The number of fused-ring (bicyclic) bond motifs is 1. The molecule has 0 spiro atoms. The van der Waals surface area contributed by atoms with Gasteiger partial charge in [-0.2, -0.15) is 0 Å². The van der Waals surface area contributed by atoms with E-state index in [1.54, 1.807) is 7.11 Å². The Hall–Kier alpha value is -2.34. The van der Waals surface area contributed by atoms with Crippen molar-refractivity contribution in [1.29, 1.82) is 0 Å². The highest BCUT2D eigenvalue weighted by atomic mass is 16.5. The molecule has 1 aliphatic rings. The van der Waals surface area contributed by atoms with Gasteiger partial charge in [-0.15, -0.1) is 0 Å². The van der Waals surface area contributed by atoms with Crippen LogP contribution < -0.4 is 14.8 Å². The molecule has 0 saturated heterocycles. The molecular formula is C17H21N3O3. The predicted octanol–water partition coefficient (Wildman–Crippen LogP) is 2.70. The number of nitrogens with one attached hydrogen (secondary N) is 1. The lowest BCUT2D eigenvalue weighted by atomic mass is 10.2. The van der Waals surface area contributed by atoms with Crippen LogP contribution in [0.2, 0.25) is 0 Å². The standard InChI is InChI=1S/C17H21N3O3/c1-12-9-15(20-16(19-12)11-21-2)18-10-13-5-3-6-14-17(13)23-8-4-7-22-14/h3,5-6,9H,4,7-8,10-11H2,1-2H3,(H,18,19,20). The monoisotopic (exact) mass is 315 g/mol. The summed E-state index contributed by atoms with van der Waals surface area (Å²) in [5.74, 6) is 3.07. The number of aromatic nitrogens is 2. The summed E-state index contributed by atoms with van der Waals surface area (Å²) in [6.07, 6.45) is 0.896. The Morgan fingerprint density at radius 1 is 1.22 bits per heavy atom. The van der Waals surface area contributed by atoms with E-state index in [1.165, 1.54) is 0 Å². The molecule has 1 N–H and O–H groups in total. The molecule has 1 aliphatic heterocycles. The fourth-order valence-electron chi connectivity index (χ4n) is 2.49. The first-order valence-electron chi connectivity index (χ1n) is 7.71. The van der Waals surface area contributed by atoms with Crippen LogP contribution in [0.4, 0.5) is 5.82 Å². The van der Waals surface area contributed by atoms with Gasteiger partial charge in [0.15, 0.2) is 17.3 Å². The topological polar surface area (TPSA) is 65.5 Å². The minimum atomic E-state index is 0.397. The van der Waals surface area contributed by atoms with Gasteiger partial charge in [0.2, 0.25) is 0 Å². The zero-order chi connectivity index (χ0) is 16.1. The van der Waals surface area contributed by atoms with Crippen LogP contribution in [-0.4, -0.2) is 30.3 Å². The largest absolute Gasteiger partial charge is 0.490 e. The van der Waals surface area contributed by atoms with E-state index in [0.717, 1.165) is 35.0 Å². The molecule has 3 rings (SSSR count). The Balaban J connectivity index is 1.76. The maximum atomic E-state index is 5.84. The SMILES string of the molecule is COCc1nc(C)cc(NCc2cccc3c2OCCCO3)n1. The van der Waals surface area contributed by atoms with E-state index in [0.29, 0.717) is 32.2 Å². The first kappa shape index (κ1) is 15.6. The molecule has 0 aliphatic carbocycles. The van der Waals surface area contributed by atoms with Gasteiger partial charge >= 0.3 is 0 Å². The van der Waals surface area contributed by atoms with Gasteiger partial charge < -0.3 is 19.5 Å². The maximum Gasteiger partial charge on any atom is 0.166 e. The number of hydrogen-bond acceptors (Lipinski definition) is 6. The highest BCUT2D eigenvalue weighted by molar-refractivity contribution is 5.49. The third kappa shape index (κ3) is 3.90. The van der Waals surface area contributed by atoms with Crippen molar-refractivity contribution in [2.45, 2.75) is 26.5 Å². The number of nitrogens with zero attached hydrogens (tertiary/aromatic N) is 2. The van der Waals surface area contributed by atoms with Crippen molar-refractivity contribution < 1.29 is 14.2 Å². The van der Waals surface area contributed by atoms with Crippen LogP contribution in [0.3, 0.4) is 0 Å². The summed E-state index contributed by atoms with van der Waals surface area (Å²) >= 11 is 0. The normalized spacial score (nSPS) is 13.5. The second kappa shape index (κ2) is 7.28. The van der Waals surface area contributed by atoms with E-state index in [1.807, 2.05) is 31.2 Å². The summed E-state index contributed by atoms with van der Waals surface area (Å²) in [5, 5.41) is 3.33. The minimum Gasteiger partial charge on any atom is -0.490 e. The van der Waals surface area contributed by atoms with Crippen molar-refractivity contribution in [1.82, 2.24) is 9.97 Å². The number of ether oxygens (including phenoxy) is 3. The smallest absolute Gasteiger partial charge is 0.166 e. The van der Waals surface area contributed by atoms with Crippen LogP contribution in [0.25, 0.3) is 0 Å². The Kier molecular flexibility index (Phi) is 4.92. The molecule has 0 fully saturated rings. The van der Waals surface area contributed by atoms with E-state index in [9.17, 15) is 0 Å². The molecule has 1 aromatic carbocycles. The van der Waals surface area contributed by atoms with E-state index in [2.05, 4.69) is 15.3 Å². The fourth-order valence-corrected chi connectivity index (χ4v) is 2.49. The number of hydrogen-bond donors (Lipinski definition) is 1. The molecule has 2 aromatic rings. The molecule has 0 unspecified atom stereocenters. The van der Waals surface area contributed by atoms with Gasteiger partial charge in [0.1, 0.15) is 12.4 Å². The van der Waals surface area contributed by atoms with Crippen molar-refractivity contribution >= 4 is 5.82 Å². The summed E-state index contributed by atoms with van der Waals surface area (Å²) in [6.45, 7) is 4.31. The molecule has 0 radical (unpaired) electrons. The lowest BCUT2D eigenvalue weighted by Crippen LogP contribution is -2.07. The number of benzene rings is 1. The van der Waals surface area contributed by atoms with Gasteiger partial charge in [-0.3, -0.25) is 0 Å². The number of methoxy groups -OCH3 is 1. The Morgan fingerprint density at radius 2 is 2.09 bits per heavy atom. The average Bonchev–Trinajstić information content (AvgIpc) is 2.78. The minimum absolute atomic E-state index is 0.397. The first-order chi connectivity index (χ1) is 11.3. The highest BCUT2D eigenvalue weighted by Crippen LogP contribution is 2.33. The van der Waals surface area contributed by atoms with Gasteiger partial charge in [-0.05, 0) is 13.0 Å². The molecule has 0 amide bonds. The molecule has 0 bridgehead atoms. The summed E-state index contributed by atoms with van der Waals surface area (Å²) < 4.78 is 16.7. The first-order valence-corrected chi connectivity index (χ1v) is 7.71. The Bertz CT molecular complexity index is 676. The van der Waals surface area contributed by atoms with E-state index in [-0.39, 0.29) is 0 Å². The van der Waals surface area contributed by atoms with Crippen molar-refractivity contribution in [2.75, 3.05) is 25.6 Å². The molecule has 6 nitrogen and oxygen atoms in total. The molecule has 23 heavy (non-hydrogen) atoms. The number of para-hydroxylation sites is 1. The number of rotatable bonds is 5. The van der Waals surface area contributed by atoms with Crippen LogP contribution in [0.1, 0.15) is 23.5 Å². The van der Waals surface area contributed by atoms with Crippen LogP contribution in [0.15, 0.2) is 24.3 Å². The quantitative estimate of drug-likeness (QED) is 0.915. The lowest BCUT2D eigenvalue weighted by Gasteiger charge is -2.14. The zero-order valence-corrected chi connectivity index (χ0v) is 13.5. The second-order valence-corrected chi connectivity index (χ2v) is 5.39.